The van der Waals surface area contributed by atoms with Crippen LogP contribution in [0.15, 0.2) is 65.1 Å². The molecule has 0 N–H and O–H groups in total. The maximum Gasteiger partial charge on any atom is 0.375 e. The van der Waals surface area contributed by atoms with Crippen molar-refractivity contribution in [1.82, 2.24) is 4.90 Å². The van der Waals surface area contributed by atoms with Crippen LogP contribution >= 0.6 is 0 Å². The number of carbonyl (C=O) groups excluding carboxylic acids is 2. The first-order valence-electron chi connectivity index (χ1n) is 9.49. The Bertz CT molecular complexity index is 1050. The zero-order valence-corrected chi connectivity index (χ0v) is 17.0. The van der Waals surface area contributed by atoms with Crippen molar-refractivity contribution >= 4 is 11.9 Å². The van der Waals surface area contributed by atoms with Crippen molar-refractivity contribution in [2.24, 2.45) is 0 Å². The van der Waals surface area contributed by atoms with Gasteiger partial charge in [0.15, 0.2) is 6.10 Å². The predicted octanol–water partition coefficient (Wildman–Crippen LogP) is 4.34. The standard InChI is InChI=1S/C23H21F2NO5/c1-15(22(27)26(2)13-16-4-3-5-18(25)12-16)30-23(28)21-11-10-20(31-21)14-29-19-8-6-17(24)7-9-19/h3-12,15H,13-14H2,1-2H3. The number of likely N-dealkylation sites (N-methyl/N-ethyl adjacent to an activating group) is 1. The van der Waals surface area contributed by atoms with E-state index in [4.69, 9.17) is 13.9 Å². The van der Waals surface area contributed by atoms with Crippen molar-refractivity contribution in [2.45, 2.75) is 26.2 Å². The van der Waals surface area contributed by atoms with E-state index >= 15 is 0 Å². The predicted molar refractivity (Wildman–Crippen MR) is 107 cm³/mol. The van der Waals surface area contributed by atoms with Crippen LogP contribution in [0, 0.1) is 11.6 Å². The second kappa shape index (κ2) is 9.88. The van der Waals surface area contributed by atoms with E-state index in [-0.39, 0.29) is 24.7 Å². The number of esters is 1. The van der Waals surface area contributed by atoms with E-state index in [0.29, 0.717) is 17.1 Å². The SMILES string of the molecule is CC(OC(=O)c1ccc(COc2ccc(F)cc2)o1)C(=O)N(C)Cc1cccc(F)c1. The summed E-state index contributed by atoms with van der Waals surface area (Å²) in [5.74, 6) is -1.28. The third kappa shape index (κ3) is 6.15. The molecule has 1 atom stereocenters. The van der Waals surface area contributed by atoms with Crippen LogP contribution in [-0.4, -0.2) is 29.9 Å². The second-order valence-corrected chi connectivity index (χ2v) is 6.88. The van der Waals surface area contributed by atoms with Gasteiger partial charge in [-0.05, 0) is 61.0 Å². The number of rotatable bonds is 8. The fourth-order valence-electron chi connectivity index (χ4n) is 2.82. The molecule has 0 fully saturated rings. The number of furan rings is 1. The summed E-state index contributed by atoms with van der Waals surface area (Å²) in [5, 5.41) is 0. The lowest BCUT2D eigenvalue weighted by Gasteiger charge is -2.21. The van der Waals surface area contributed by atoms with Gasteiger partial charge in [-0.1, -0.05) is 12.1 Å². The van der Waals surface area contributed by atoms with Crippen molar-refractivity contribution in [3.8, 4) is 5.75 Å². The highest BCUT2D eigenvalue weighted by Gasteiger charge is 2.24. The maximum absolute atomic E-state index is 13.3. The molecule has 0 saturated carbocycles. The minimum atomic E-state index is -1.06. The highest BCUT2D eigenvalue weighted by atomic mass is 19.1. The Hall–Kier alpha value is -3.68. The molecule has 8 heteroatoms. The largest absolute Gasteiger partial charge is 0.486 e. The lowest BCUT2D eigenvalue weighted by atomic mass is 10.2. The van der Waals surface area contributed by atoms with Gasteiger partial charge in [0.1, 0.15) is 29.8 Å². The molecule has 6 nitrogen and oxygen atoms in total. The Morgan fingerprint density at radius 2 is 1.77 bits per heavy atom. The molecule has 0 radical (unpaired) electrons. The molecule has 1 unspecified atom stereocenters. The van der Waals surface area contributed by atoms with E-state index in [2.05, 4.69) is 0 Å². The number of hydrogen-bond acceptors (Lipinski definition) is 5. The van der Waals surface area contributed by atoms with Gasteiger partial charge in [-0.15, -0.1) is 0 Å². The van der Waals surface area contributed by atoms with Crippen LogP contribution in [0.5, 0.6) is 5.75 Å². The van der Waals surface area contributed by atoms with Crippen LogP contribution in [0.2, 0.25) is 0 Å². The van der Waals surface area contributed by atoms with Crippen LogP contribution < -0.4 is 4.74 Å². The fraction of sp³-hybridized carbons (Fsp3) is 0.217. The molecule has 162 valence electrons. The molecule has 0 aliphatic rings. The van der Waals surface area contributed by atoms with E-state index in [1.54, 1.807) is 18.2 Å². The number of halogens is 2. The maximum atomic E-state index is 13.3. The van der Waals surface area contributed by atoms with E-state index in [0.717, 1.165) is 0 Å². The summed E-state index contributed by atoms with van der Waals surface area (Å²) in [5.41, 5.74) is 0.617. The van der Waals surface area contributed by atoms with Gasteiger partial charge >= 0.3 is 5.97 Å². The molecule has 2 aromatic carbocycles. The molecular formula is C23H21F2NO5. The number of amides is 1. The monoisotopic (exact) mass is 429 g/mol. The molecule has 0 saturated heterocycles. The molecule has 1 heterocycles. The Morgan fingerprint density at radius 3 is 2.48 bits per heavy atom. The van der Waals surface area contributed by atoms with Crippen molar-refractivity contribution in [2.75, 3.05) is 7.05 Å². The highest BCUT2D eigenvalue weighted by Crippen LogP contribution is 2.16. The molecule has 0 aliphatic heterocycles. The number of carbonyl (C=O) groups is 2. The van der Waals surface area contributed by atoms with Crippen LogP contribution in [0.3, 0.4) is 0 Å². The van der Waals surface area contributed by atoms with Crippen LogP contribution in [-0.2, 0) is 22.7 Å². The Kier molecular flexibility index (Phi) is 7.02. The van der Waals surface area contributed by atoms with Gasteiger partial charge in [0.25, 0.3) is 5.91 Å². The molecule has 3 aromatic rings. The number of hydrogen-bond donors (Lipinski definition) is 0. The van der Waals surface area contributed by atoms with Crippen LogP contribution in [0.25, 0.3) is 0 Å². The minimum Gasteiger partial charge on any atom is -0.486 e. The minimum absolute atomic E-state index is 0.0315. The molecule has 1 aromatic heterocycles. The Labute approximate surface area is 178 Å². The topological polar surface area (TPSA) is 69.0 Å². The molecule has 3 rings (SSSR count). The summed E-state index contributed by atoms with van der Waals surface area (Å²) >= 11 is 0. The van der Waals surface area contributed by atoms with Gasteiger partial charge in [0, 0.05) is 13.6 Å². The first-order chi connectivity index (χ1) is 14.8. The normalized spacial score (nSPS) is 11.6. The zero-order chi connectivity index (χ0) is 22.4. The van der Waals surface area contributed by atoms with Crippen molar-refractivity contribution in [1.29, 1.82) is 0 Å². The molecular weight excluding hydrogens is 408 g/mol. The van der Waals surface area contributed by atoms with Crippen LogP contribution in [0.4, 0.5) is 8.78 Å². The van der Waals surface area contributed by atoms with Crippen molar-refractivity contribution in [3.63, 3.8) is 0 Å². The van der Waals surface area contributed by atoms with Gasteiger partial charge in [0.2, 0.25) is 5.76 Å². The van der Waals surface area contributed by atoms with Gasteiger partial charge in [0.05, 0.1) is 0 Å². The molecule has 0 bridgehead atoms. The van der Waals surface area contributed by atoms with E-state index in [1.807, 2.05) is 0 Å². The van der Waals surface area contributed by atoms with Gasteiger partial charge in [-0.3, -0.25) is 4.79 Å². The summed E-state index contributed by atoms with van der Waals surface area (Å²) in [6.07, 6.45) is -1.06. The summed E-state index contributed by atoms with van der Waals surface area (Å²) in [6.45, 7) is 1.65. The Balaban J connectivity index is 1.51. The molecule has 0 spiro atoms. The molecule has 31 heavy (non-hydrogen) atoms. The fourth-order valence-corrected chi connectivity index (χ4v) is 2.82. The molecule has 0 aliphatic carbocycles. The van der Waals surface area contributed by atoms with E-state index < -0.39 is 23.8 Å². The van der Waals surface area contributed by atoms with Crippen LogP contribution in [0.1, 0.15) is 28.8 Å². The smallest absolute Gasteiger partial charge is 0.375 e. The third-order valence-corrected chi connectivity index (χ3v) is 4.37. The number of nitrogens with zero attached hydrogens (tertiary/aromatic N) is 1. The van der Waals surface area contributed by atoms with Crippen molar-refractivity contribution < 1.29 is 32.3 Å². The average molecular weight is 429 g/mol. The number of ether oxygens (including phenoxy) is 2. The van der Waals surface area contributed by atoms with Crippen molar-refractivity contribution in [3.05, 3.63) is 89.4 Å². The first kappa shape index (κ1) is 22.0. The summed E-state index contributed by atoms with van der Waals surface area (Å²) in [6, 6.07) is 14.3. The average Bonchev–Trinajstić information content (AvgIpc) is 3.22. The van der Waals surface area contributed by atoms with E-state index in [1.165, 1.54) is 61.3 Å². The third-order valence-electron chi connectivity index (χ3n) is 4.37. The van der Waals surface area contributed by atoms with Gasteiger partial charge < -0.3 is 18.8 Å². The zero-order valence-electron chi connectivity index (χ0n) is 17.0. The Morgan fingerprint density at radius 1 is 1.03 bits per heavy atom. The highest BCUT2D eigenvalue weighted by molar-refractivity contribution is 5.90. The molecule has 1 amide bonds. The number of benzene rings is 2. The first-order valence-corrected chi connectivity index (χ1v) is 9.49. The van der Waals surface area contributed by atoms with E-state index in [9.17, 15) is 18.4 Å². The second-order valence-electron chi connectivity index (χ2n) is 6.88. The summed E-state index contributed by atoms with van der Waals surface area (Å²) < 4.78 is 42.3. The summed E-state index contributed by atoms with van der Waals surface area (Å²) in [7, 11) is 1.54. The lowest BCUT2D eigenvalue weighted by molar-refractivity contribution is -0.139. The van der Waals surface area contributed by atoms with Gasteiger partial charge in [-0.25, -0.2) is 13.6 Å². The summed E-state index contributed by atoms with van der Waals surface area (Å²) in [4.78, 5) is 26.1. The van der Waals surface area contributed by atoms with Gasteiger partial charge in [-0.2, -0.15) is 0 Å². The quantitative estimate of drug-likeness (QED) is 0.498. The lowest BCUT2D eigenvalue weighted by Crippen LogP contribution is -2.37.